The second kappa shape index (κ2) is 13.4. The Bertz CT molecular complexity index is 316. The number of nitrogens with one attached hydrogen (secondary N) is 1. The van der Waals surface area contributed by atoms with Crippen LogP contribution < -0.4 is 5.32 Å². The van der Waals surface area contributed by atoms with Crippen molar-refractivity contribution in [1.82, 2.24) is 5.32 Å². The van der Waals surface area contributed by atoms with Gasteiger partial charge in [-0.1, -0.05) is 18.9 Å². The van der Waals surface area contributed by atoms with Crippen molar-refractivity contribution in [3.63, 3.8) is 0 Å². The Morgan fingerprint density at radius 2 is 2.04 bits per heavy atom. The second-order valence-electron chi connectivity index (χ2n) is 6.15. The minimum Gasteiger partial charge on any atom is -0.446 e. The molecule has 0 bridgehead atoms. The topological polar surface area (TPSA) is 56.8 Å². The van der Waals surface area contributed by atoms with E-state index in [1.54, 1.807) is 7.11 Å². The van der Waals surface area contributed by atoms with Crippen LogP contribution in [-0.4, -0.2) is 45.2 Å². The number of amides is 1. The molecular formula is C18H33NO4. The maximum Gasteiger partial charge on any atom is 0.407 e. The zero-order valence-electron chi connectivity index (χ0n) is 14.6. The molecular weight excluding hydrogens is 294 g/mol. The highest BCUT2D eigenvalue weighted by Gasteiger charge is 2.21. The largest absolute Gasteiger partial charge is 0.446 e. The number of ether oxygens (including phenoxy) is 3. The molecule has 0 spiro atoms. The van der Waals surface area contributed by atoms with E-state index in [1.165, 1.54) is 0 Å². The summed E-state index contributed by atoms with van der Waals surface area (Å²) in [4.78, 5) is 12.0. The van der Waals surface area contributed by atoms with E-state index in [9.17, 15) is 4.79 Å². The predicted molar refractivity (Wildman–Crippen MR) is 91.6 cm³/mol. The Balaban J connectivity index is 2.25. The van der Waals surface area contributed by atoms with Gasteiger partial charge >= 0.3 is 6.09 Å². The van der Waals surface area contributed by atoms with E-state index in [4.69, 9.17) is 14.2 Å². The fourth-order valence-electron chi connectivity index (χ4n) is 2.78. The molecule has 1 saturated carbocycles. The Morgan fingerprint density at radius 1 is 1.26 bits per heavy atom. The van der Waals surface area contributed by atoms with Crippen molar-refractivity contribution in [2.45, 2.75) is 69.9 Å². The van der Waals surface area contributed by atoms with Crippen LogP contribution in [0.15, 0.2) is 12.7 Å². The molecule has 0 aromatic carbocycles. The van der Waals surface area contributed by atoms with Crippen LogP contribution in [0.4, 0.5) is 4.79 Å². The van der Waals surface area contributed by atoms with Crippen LogP contribution in [0.1, 0.15) is 57.8 Å². The summed E-state index contributed by atoms with van der Waals surface area (Å²) in [6.07, 6.45) is 11.3. The minimum atomic E-state index is -0.302. The molecule has 0 aliphatic heterocycles. The number of allylic oxidation sites excluding steroid dienone is 1. The smallest absolute Gasteiger partial charge is 0.407 e. The van der Waals surface area contributed by atoms with Crippen molar-refractivity contribution in [3.05, 3.63) is 12.7 Å². The number of alkyl carbamates (subject to hydrolysis) is 1. The van der Waals surface area contributed by atoms with Crippen molar-refractivity contribution in [3.8, 4) is 0 Å². The van der Waals surface area contributed by atoms with Gasteiger partial charge in [0.15, 0.2) is 0 Å². The number of carbonyl (C=O) groups excluding carboxylic acids is 1. The monoisotopic (exact) mass is 327 g/mol. The van der Waals surface area contributed by atoms with Gasteiger partial charge in [0, 0.05) is 7.11 Å². The standard InChI is InChI=1S/C18H33NO4/c1-3-4-5-6-7-10-16(15-22-14-13-21-2)19-18(20)23-17-11-8-9-12-17/h3,16-17H,1,4-15H2,2H3,(H,19,20)/t16-/m0/s1. The van der Waals surface area contributed by atoms with Gasteiger partial charge in [0.2, 0.25) is 0 Å². The quantitative estimate of drug-likeness (QED) is 0.413. The lowest BCUT2D eigenvalue weighted by Gasteiger charge is -2.20. The van der Waals surface area contributed by atoms with E-state index in [1.807, 2.05) is 6.08 Å². The van der Waals surface area contributed by atoms with Gasteiger partial charge < -0.3 is 19.5 Å². The van der Waals surface area contributed by atoms with Crippen LogP contribution in [0.5, 0.6) is 0 Å². The highest BCUT2D eigenvalue weighted by atomic mass is 16.6. The summed E-state index contributed by atoms with van der Waals surface area (Å²) in [5.41, 5.74) is 0. The molecule has 1 amide bonds. The Labute approximate surface area is 140 Å². The normalized spacial score (nSPS) is 16.2. The Hall–Kier alpha value is -1.07. The fourth-order valence-corrected chi connectivity index (χ4v) is 2.78. The van der Waals surface area contributed by atoms with Crippen LogP contribution in [0.25, 0.3) is 0 Å². The van der Waals surface area contributed by atoms with E-state index in [2.05, 4.69) is 11.9 Å². The van der Waals surface area contributed by atoms with Crippen LogP contribution in [0.3, 0.4) is 0 Å². The summed E-state index contributed by atoms with van der Waals surface area (Å²) < 4.78 is 16.0. The molecule has 0 radical (unpaired) electrons. The summed E-state index contributed by atoms with van der Waals surface area (Å²) in [5, 5.41) is 2.96. The molecule has 0 aromatic rings. The highest BCUT2D eigenvalue weighted by Crippen LogP contribution is 2.21. The number of rotatable bonds is 13. The summed E-state index contributed by atoms with van der Waals surface area (Å²) in [6.45, 7) is 5.35. The van der Waals surface area contributed by atoms with Gasteiger partial charge in [-0.15, -0.1) is 6.58 Å². The van der Waals surface area contributed by atoms with Crippen molar-refractivity contribution in [1.29, 1.82) is 0 Å². The zero-order valence-corrected chi connectivity index (χ0v) is 14.6. The summed E-state index contributed by atoms with van der Waals surface area (Å²) in [7, 11) is 1.65. The second-order valence-corrected chi connectivity index (χ2v) is 6.15. The molecule has 1 N–H and O–H groups in total. The molecule has 0 heterocycles. The number of methoxy groups -OCH3 is 1. The molecule has 134 valence electrons. The predicted octanol–water partition coefficient (Wildman–Crippen LogP) is 3.82. The lowest BCUT2D eigenvalue weighted by Crippen LogP contribution is -2.40. The third-order valence-corrected chi connectivity index (χ3v) is 4.11. The van der Waals surface area contributed by atoms with E-state index < -0.39 is 0 Å². The number of hydrogen-bond donors (Lipinski definition) is 1. The molecule has 0 aromatic heterocycles. The average molecular weight is 327 g/mol. The van der Waals surface area contributed by atoms with Gasteiger partial charge in [0.05, 0.1) is 25.9 Å². The summed E-state index contributed by atoms with van der Waals surface area (Å²) in [5.74, 6) is 0. The minimum absolute atomic E-state index is 0.00416. The molecule has 0 saturated heterocycles. The molecule has 1 fully saturated rings. The van der Waals surface area contributed by atoms with Crippen LogP contribution >= 0.6 is 0 Å². The van der Waals surface area contributed by atoms with Crippen molar-refractivity contribution in [2.75, 3.05) is 26.9 Å². The van der Waals surface area contributed by atoms with E-state index >= 15 is 0 Å². The van der Waals surface area contributed by atoms with E-state index in [0.29, 0.717) is 19.8 Å². The lowest BCUT2D eigenvalue weighted by molar-refractivity contribution is 0.0514. The first kappa shape index (κ1) is 20.0. The van der Waals surface area contributed by atoms with Gasteiger partial charge in [-0.3, -0.25) is 0 Å². The zero-order chi connectivity index (χ0) is 16.8. The van der Waals surface area contributed by atoms with E-state index in [0.717, 1.165) is 57.8 Å². The van der Waals surface area contributed by atoms with Crippen LogP contribution in [0.2, 0.25) is 0 Å². The molecule has 1 aliphatic rings. The van der Waals surface area contributed by atoms with Crippen molar-refractivity contribution in [2.24, 2.45) is 0 Å². The molecule has 1 rings (SSSR count). The van der Waals surface area contributed by atoms with Gasteiger partial charge in [-0.25, -0.2) is 4.79 Å². The number of hydrogen-bond acceptors (Lipinski definition) is 4. The van der Waals surface area contributed by atoms with Gasteiger partial charge in [0.25, 0.3) is 0 Å². The summed E-state index contributed by atoms with van der Waals surface area (Å²) in [6, 6.07) is 0.00416. The average Bonchev–Trinajstić information content (AvgIpc) is 3.03. The van der Waals surface area contributed by atoms with Crippen molar-refractivity contribution < 1.29 is 19.0 Å². The maximum absolute atomic E-state index is 12.0. The lowest BCUT2D eigenvalue weighted by atomic mass is 10.1. The first-order chi connectivity index (χ1) is 11.3. The number of carbonyl (C=O) groups is 1. The Morgan fingerprint density at radius 3 is 2.74 bits per heavy atom. The Kier molecular flexibility index (Phi) is 11.6. The molecule has 5 nitrogen and oxygen atoms in total. The van der Waals surface area contributed by atoms with Crippen LogP contribution in [0, 0.1) is 0 Å². The molecule has 0 unspecified atom stereocenters. The number of unbranched alkanes of at least 4 members (excludes halogenated alkanes) is 3. The van der Waals surface area contributed by atoms with Crippen LogP contribution in [-0.2, 0) is 14.2 Å². The first-order valence-electron chi connectivity index (χ1n) is 8.91. The van der Waals surface area contributed by atoms with E-state index in [-0.39, 0.29) is 18.2 Å². The van der Waals surface area contributed by atoms with Crippen molar-refractivity contribution >= 4 is 6.09 Å². The molecule has 23 heavy (non-hydrogen) atoms. The maximum atomic E-state index is 12.0. The third kappa shape index (κ3) is 10.3. The summed E-state index contributed by atoms with van der Waals surface area (Å²) >= 11 is 0. The highest BCUT2D eigenvalue weighted by molar-refractivity contribution is 5.67. The van der Waals surface area contributed by atoms with Gasteiger partial charge in [0.1, 0.15) is 6.10 Å². The SMILES string of the molecule is C=CCCCCC[C@@H](COCCOC)NC(=O)OC1CCCC1. The van der Waals surface area contributed by atoms with Gasteiger partial charge in [-0.05, 0) is 44.9 Å². The first-order valence-corrected chi connectivity index (χ1v) is 8.91. The fraction of sp³-hybridized carbons (Fsp3) is 0.833. The molecule has 1 aliphatic carbocycles. The molecule has 5 heteroatoms. The molecule has 1 atom stereocenters. The van der Waals surface area contributed by atoms with Gasteiger partial charge in [-0.2, -0.15) is 0 Å². The third-order valence-electron chi connectivity index (χ3n) is 4.11.